The zero-order valence-corrected chi connectivity index (χ0v) is 13.4. The van der Waals surface area contributed by atoms with Crippen LogP contribution in [-0.4, -0.2) is 14.7 Å². The molecule has 6 heteroatoms. The first-order chi connectivity index (χ1) is 9.88. The minimum absolute atomic E-state index is 0.217. The molecule has 4 N–H and O–H groups in total. The average Bonchev–Trinajstić information content (AvgIpc) is 2.47. The number of halogens is 1. The molecule has 0 heterocycles. The normalized spacial score (nSPS) is 10.7. The molecule has 0 unspecified atom stereocenters. The molecule has 0 amide bonds. The van der Waals surface area contributed by atoms with Gasteiger partial charge in [-0.25, -0.2) is 8.42 Å². The molecule has 2 rings (SSSR count). The van der Waals surface area contributed by atoms with Crippen LogP contribution in [0.4, 0.5) is 0 Å². The van der Waals surface area contributed by atoms with Crippen LogP contribution in [0.2, 0.25) is 5.02 Å². The number of hydrogen-bond donors (Lipinski definition) is 2. The van der Waals surface area contributed by atoms with Crippen LogP contribution in [0.25, 0.3) is 0 Å². The van der Waals surface area contributed by atoms with E-state index in [-0.39, 0.29) is 4.90 Å². The van der Waals surface area contributed by atoms with Gasteiger partial charge in [0.05, 0.1) is 4.90 Å². The van der Waals surface area contributed by atoms with Crippen LogP contribution >= 0.6 is 11.6 Å². The Balaban J connectivity index is 0.000000235. The first-order valence-electron chi connectivity index (χ1n) is 6.31. The zero-order chi connectivity index (χ0) is 15.9. The van der Waals surface area contributed by atoms with Crippen molar-refractivity contribution in [2.75, 3.05) is 6.26 Å². The fourth-order valence-corrected chi connectivity index (χ4v) is 2.51. The lowest BCUT2D eigenvalue weighted by molar-refractivity contribution is 0.602. The highest BCUT2D eigenvalue weighted by molar-refractivity contribution is 7.90. The van der Waals surface area contributed by atoms with Crippen LogP contribution < -0.4 is 11.5 Å². The average molecular weight is 327 g/mol. The second kappa shape index (κ2) is 8.14. The summed E-state index contributed by atoms with van der Waals surface area (Å²) in [4.78, 5) is 0.217. The molecule has 0 saturated heterocycles. The van der Waals surface area contributed by atoms with Crippen LogP contribution in [0.5, 0.6) is 0 Å². The first kappa shape index (κ1) is 17.7. The molecule has 0 aliphatic carbocycles. The van der Waals surface area contributed by atoms with Crippen molar-refractivity contribution in [1.29, 1.82) is 0 Å². The summed E-state index contributed by atoms with van der Waals surface area (Å²) in [6.07, 6.45) is 1.14. The maximum absolute atomic E-state index is 11.1. The van der Waals surface area contributed by atoms with E-state index in [9.17, 15) is 8.42 Å². The number of hydrogen-bond acceptors (Lipinski definition) is 4. The fraction of sp³-hybridized carbons (Fsp3) is 0.200. The Labute approximate surface area is 130 Å². The summed E-state index contributed by atoms with van der Waals surface area (Å²) in [7, 11) is -3.18. The Morgan fingerprint density at radius 1 is 1.00 bits per heavy atom. The minimum Gasteiger partial charge on any atom is -0.326 e. The predicted molar refractivity (Wildman–Crippen MR) is 86.8 cm³/mol. The van der Waals surface area contributed by atoms with Crippen molar-refractivity contribution in [1.82, 2.24) is 0 Å². The molecule has 0 radical (unpaired) electrons. The van der Waals surface area contributed by atoms with Crippen LogP contribution in [0.15, 0.2) is 53.4 Å². The molecule has 2 aromatic carbocycles. The van der Waals surface area contributed by atoms with E-state index in [4.69, 9.17) is 23.1 Å². The van der Waals surface area contributed by atoms with Crippen molar-refractivity contribution in [3.05, 3.63) is 64.7 Å². The molecule has 21 heavy (non-hydrogen) atoms. The summed E-state index contributed by atoms with van der Waals surface area (Å²) >= 11 is 5.79. The van der Waals surface area contributed by atoms with Gasteiger partial charge in [0.2, 0.25) is 0 Å². The lowest BCUT2D eigenvalue weighted by Crippen LogP contribution is -2.01. The summed E-state index contributed by atoms with van der Waals surface area (Å²) in [6.45, 7) is 0.948. The third kappa shape index (κ3) is 5.85. The molecule has 0 fully saturated rings. The predicted octanol–water partition coefficient (Wildman–Crippen LogP) is 2.35. The molecule has 0 aliphatic heterocycles. The molecule has 0 saturated carbocycles. The monoisotopic (exact) mass is 326 g/mol. The van der Waals surface area contributed by atoms with E-state index in [2.05, 4.69) is 0 Å². The molecular formula is C15H19ClN2O2S. The number of rotatable bonds is 3. The summed E-state index contributed by atoms with van der Waals surface area (Å²) in [6, 6.07) is 14.5. The van der Waals surface area contributed by atoms with E-state index in [0.717, 1.165) is 11.8 Å². The molecule has 0 bridgehead atoms. The van der Waals surface area contributed by atoms with Gasteiger partial charge in [0, 0.05) is 24.4 Å². The van der Waals surface area contributed by atoms with E-state index >= 15 is 0 Å². The standard InChI is InChI=1S/C8H10ClNO2S.C7H9N/c1-13(11,12)7-3-2-6(5-10)8(9)4-7;8-6-7-4-2-1-3-5-7/h2-4H,5,10H2,1H3;1-5H,6,8H2. The topological polar surface area (TPSA) is 86.2 Å². The maximum atomic E-state index is 11.1. The largest absolute Gasteiger partial charge is 0.326 e. The van der Waals surface area contributed by atoms with Gasteiger partial charge in [-0.15, -0.1) is 0 Å². The van der Waals surface area contributed by atoms with Gasteiger partial charge in [0.15, 0.2) is 9.84 Å². The van der Waals surface area contributed by atoms with Crippen LogP contribution in [0, 0.1) is 0 Å². The molecule has 114 valence electrons. The van der Waals surface area contributed by atoms with E-state index in [1.54, 1.807) is 6.07 Å². The first-order valence-corrected chi connectivity index (χ1v) is 8.58. The van der Waals surface area contributed by atoms with Crippen molar-refractivity contribution >= 4 is 21.4 Å². The van der Waals surface area contributed by atoms with Gasteiger partial charge in [-0.1, -0.05) is 48.0 Å². The lowest BCUT2D eigenvalue weighted by Gasteiger charge is -2.03. The van der Waals surface area contributed by atoms with Gasteiger partial charge in [0.1, 0.15) is 0 Å². The molecule has 0 spiro atoms. The molecule has 0 aromatic heterocycles. The highest BCUT2D eigenvalue weighted by Gasteiger charge is 2.08. The molecule has 0 atom stereocenters. The highest BCUT2D eigenvalue weighted by Crippen LogP contribution is 2.20. The van der Waals surface area contributed by atoms with Gasteiger partial charge >= 0.3 is 0 Å². The Hall–Kier alpha value is -1.40. The summed E-state index contributed by atoms with van der Waals surface area (Å²) in [5, 5.41) is 0.394. The van der Waals surface area contributed by atoms with Gasteiger partial charge in [0.25, 0.3) is 0 Å². The van der Waals surface area contributed by atoms with E-state index < -0.39 is 9.84 Å². The SMILES string of the molecule is CS(=O)(=O)c1ccc(CN)c(Cl)c1.NCc1ccccc1. The minimum atomic E-state index is -3.18. The third-order valence-electron chi connectivity index (χ3n) is 2.75. The maximum Gasteiger partial charge on any atom is 0.175 e. The van der Waals surface area contributed by atoms with Crippen LogP contribution in [0.1, 0.15) is 11.1 Å². The number of nitrogens with two attached hydrogens (primary N) is 2. The Kier molecular flexibility index (Phi) is 6.84. The number of sulfone groups is 1. The Morgan fingerprint density at radius 2 is 1.62 bits per heavy atom. The Bertz CT molecular complexity index is 673. The van der Waals surface area contributed by atoms with Gasteiger partial charge in [-0.05, 0) is 23.3 Å². The van der Waals surface area contributed by atoms with Crippen LogP contribution in [0.3, 0.4) is 0 Å². The van der Waals surface area contributed by atoms with Gasteiger partial charge in [-0.3, -0.25) is 0 Å². The number of benzene rings is 2. The summed E-state index contributed by atoms with van der Waals surface area (Å²) < 4.78 is 22.2. The van der Waals surface area contributed by atoms with Crippen LogP contribution in [-0.2, 0) is 22.9 Å². The van der Waals surface area contributed by atoms with Crippen molar-refractivity contribution in [2.45, 2.75) is 18.0 Å². The molecule has 4 nitrogen and oxygen atoms in total. The smallest absolute Gasteiger partial charge is 0.175 e. The van der Waals surface area contributed by atoms with Gasteiger partial charge in [-0.2, -0.15) is 0 Å². The molecule has 2 aromatic rings. The van der Waals surface area contributed by atoms with Crippen molar-refractivity contribution in [3.8, 4) is 0 Å². The summed E-state index contributed by atoms with van der Waals surface area (Å²) in [5.74, 6) is 0. The van der Waals surface area contributed by atoms with Crippen molar-refractivity contribution in [2.24, 2.45) is 11.5 Å². The van der Waals surface area contributed by atoms with E-state index in [1.807, 2.05) is 30.3 Å². The summed E-state index contributed by atoms with van der Waals surface area (Å²) in [5.41, 5.74) is 12.7. The second-order valence-electron chi connectivity index (χ2n) is 4.42. The van der Waals surface area contributed by atoms with Gasteiger partial charge < -0.3 is 11.5 Å². The van der Waals surface area contributed by atoms with E-state index in [0.29, 0.717) is 18.1 Å². The zero-order valence-electron chi connectivity index (χ0n) is 11.8. The fourth-order valence-electron chi connectivity index (χ4n) is 1.54. The van der Waals surface area contributed by atoms with E-state index in [1.165, 1.54) is 17.7 Å². The second-order valence-corrected chi connectivity index (χ2v) is 6.84. The molecule has 0 aliphatic rings. The lowest BCUT2D eigenvalue weighted by atomic mass is 10.2. The van der Waals surface area contributed by atoms with Crippen molar-refractivity contribution < 1.29 is 8.42 Å². The third-order valence-corrected chi connectivity index (χ3v) is 4.21. The quantitative estimate of drug-likeness (QED) is 0.906. The van der Waals surface area contributed by atoms with Crippen molar-refractivity contribution in [3.63, 3.8) is 0 Å². The molecular weight excluding hydrogens is 308 g/mol. The Morgan fingerprint density at radius 3 is 2.00 bits per heavy atom. The highest BCUT2D eigenvalue weighted by atomic mass is 35.5.